The predicted octanol–water partition coefficient (Wildman–Crippen LogP) is 2.26. The van der Waals surface area contributed by atoms with Crippen LogP contribution in [0, 0.1) is 12.7 Å². The molecule has 3 heteroatoms. The molecule has 0 saturated carbocycles. The van der Waals surface area contributed by atoms with Gasteiger partial charge in [-0.05, 0) is 31.0 Å². The van der Waals surface area contributed by atoms with Crippen molar-refractivity contribution in [3.8, 4) is 0 Å². The van der Waals surface area contributed by atoms with Crippen molar-refractivity contribution in [1.82, 2.24) is 0 Å². The van der Waals surface area contributed by atoms with Gasteiger partial charge in [-0.1, -0.05) is 6.07 Å². The number of halogens is 1. The molecule has 1 aromatic carbocycles. The van der Waals surface area contributed by atoms with Gasteiger partial charge in [-0.3, -0.25) is 4.79 Å². The number of hydrogen-bond acceptors (Lipinski definition) is 1. The quantitative estimate of drug-likeness (QED) is 0.670. The Morgan fingerprint density at radius 3 is 2.79 bits per heavy atom. The van der Waals surface area contributed by atoms with Crippen molar-refractivity contribution in [3.05, 3.63) is 29.6 Å². The number of nitrogens with zero attached hydrogens (tertiary/aromatic N) is 1. The van der Waals surface area contributed by atoms with E-state index in [0.717, 1.165) is 12.0 Å². The van der Waals surface area contributed by atoms with E-state index in [9.17, 15) is 9.18 Å². The second-order valence-corrected chi connectivity index (χ2v) is 3.60. The summed E-state index contributed by atoms with van der Waals surface area (Å²) in [7, 11) is 0. The highest BCUT2D eigenvalue weighted by atomic mass is 19.1. The number of carbonyl (C=O) groups is 1. The van der Waals surface area contributed by atoms with Crippen molar-refractivity contribution in [1.29, 1.82) is 0 Å². The zero-order valence-corrected chi connectivity index (χ0v) is 8.09. The second-order valence-electron chi connectivity index (χ2n) is 3.60. The van der Waals surface area contributed by atoms with Crippen molar-refractivity contribution in [3.63, 3.8) is 0 Å². The smallest absolute Gasteiger partial charge is 0.227 e. The van der Waals surface area contributed by atoms with Crippen LogP contribution >= 0.6 is 0 Å². The van der Waals surface area contributed by atoms with E-state index in [1.807, 2.05) is 13.0 Å². The van der Waals surface area contributed by atoms with Crippen molar-refractivity contribution in [2.45, 2.75) is 19.8 Å². The lowest BCUT2D eigenvalue weighted by Gasteiger charge is -2.16. The Labute approximate surface area is 82.3 Å². The maximum Gasteiger partial charge on any atom is 0.227 e. The normalized spacial score (nSPS) is 16.4. The summed E-state index contributed by atoms with van der Waals surface area (Å²) < 4.78 is 13.5. The summed E-state index contributed by atoms with van der Waals surface area (Å²) in [5, 5.41) is 0. The minimum absolute atomic E-state index is 0.0211. The second kappa shape index (κ2) is 3.40. The van der Waals surface area contributed by atoms with E-state index in [1.54, 1.807) is 6.07 Å². The summed E-state index contributed by atoms with van der Waals surface area (Å²) in [6, 6.07) is 4.96. The van der Waals surface area contributed by atoms with E-state index in [2.05, 4.69) is 0 Å². The highest BCUT2D eigenvalue weighted by Gasteiger charge is 2.23. The van der Waals surface area contributed by atoms with Crippen LogP contribution in [0.1, 0.15) is 18.4 Å². The molecule has 1 amide bonds. The standard InChI is InChI=1S/C11H12FNO/c1-8-4-5-10(9(12)7-8)13-6-2-3-11(13)14/h4-5,7H,2-3,6H2,1H3. The Morgan fingerprint density at radius 2 is 2.21 bits per heavy atom. The molecule has 1 saturated heterocycles. The van der Waals surface area contributed by atoms with Crippen LogP contribution in [-0.2, 0) is 4.79 Å². The summed E-state index contributed by atoms with van der Waals surface area (Å²) >= 11 is 0. The summed E-state index contributed by atoms with van der Waals surface area (Å²) in [5.74, 6) is -0.284. The van der Waals surface area contributed by atoms with Crippen molar-refractivity contribution >= 4 is 11.6 Å². The number of rotatable bonds is 1. The molecule has 0 radical (unpaired) electrons. The molecule has 74 valence electrons. The maximum atomic E-state index is 13.5. The summed E-state index contributed by atoms with van der Waals surface area (Å²) in [6.45, 7) is 2.47. The molecule has 0 spiro atoms. The summed E-state index contributed by atoms with van der Waals surface area (Å²) in [5.41, 5.74) is 1.29. The van der Waals surface area contributed by atoms with Crippen molar-refractivity contribution < 1.29 is 9.18 Å². The van der Waals surface area contributed by atoms with Gasteiger partial charge in [0.1, 0.15) is 5.82 Å². The molecule has 0 aromatic heterocycles. The molecule has 0 N–H and O–H groups in total. The average molecular weight is 193 g/mol. The highest BCUT2D eigenvalue weighted by molar-refractivity contribution is 5.95. The first-order valence-electron chi connectivity index (χ1n) is 4.75. The zero-order chi connectivity index (χ0) is 10.1. The largest absolute Gasteiger partial charge is 0.310 e. The van der Waals surface area contributed by atoms with Gasteiger partial charge in [0.25, 0.3) is 0 Å². The third-order valence-corrected chi connectivity index (χ3v) is 2.47. The first-order chi connectivity index (χ1) is 6.68. The fourth-order valence-corrected chi connectivity index (χ4v) is 1.73. The molecule has 0 bridgehead atoms. The monoisotopic (exact) mass is 193 g/mol. The van der Waals surface area contributed by atoms with E-state index in [1.165, 1.54) is 11.0 Å². The van der Waals surface area contributed by atoms with Crippen LogP contribution in [-0.4, -0.2) is 12.5 Å². The first-order valence-corrected chi connectivity index (χ1v) is 4.75. The van der Waals surface area contributed by atoms with Gasteiger partial charge < -0.3 is 4.90 Å². The SMILES string of the molecule is Cc1ccc(N2CCCC2=O)c(F)c1. The molecule has 14 heavy (non-hydrogen) atoms. The fraction of sp³-hybridized carbons (Fsp3) is 0.364. The Morgan fingerprint density at radius 1 is 1.43 bits per heavy atom. The third kappa shape index (κ3) is 1.50. The molecule has 1 heterocycles. The first kappa shape index (κ1) is 9.19. The van der Waals surface area contributed by atoms with Gasteiger partial charge in [0.2, 0.25) is 5.91 Å². The number of amides is 1. The van der Waals surface area contributed by atoms with Crippen LogP contribution in [0.3, 0.4) is 0 Å². The van der Waals surface area contributed by atoms with E-state index < -0.39 is 0 Å². The van der Waals surface area contributed by atoms with Gasteiger partial charge >= 0.3 is 0 Å². The van der Waals surface area contributed by atoms with Gasteiger partial charge in [0.05, 0.1) is 5.69 Å². The number of aryl methyl sites for hydroxylation is 1. The van der Waals surface area contributed by atoms with Gasteiger partial charge in [-0.15, -0.1) is 0 Å². The summed E-state index contributed by atoms with van der Waals surface area (Å²) in [4.78, 5) is 12.9. The molecule has 2 nitrogen and oxygen atoms in total. The molecule has 0 atom stereocenters. The number of anilines is 1. The van der Waals surface area contributed by atoms with Gasteiger partial charge in [0.15, 0.2) is 0 Å². The molecule has 1 aromatic rings. The van der Waals surface area contributed by atoms with Crippen LogP contribution in [0.5, 0.6) is 0 Å². The van der Waals surface area contributed by atoms with Crippen LogP contribution in [0.25, 0.3) is 0 Å². The van der Waals surface area contributed by atoms with E-state index in [0.29, 0.717) is 18.7 Å². The van der Waals surface area contributed by atoms with Crippen molar-refractivity contribution in [2.24, 2.45) is 0 Å². The molecule has 0 unspecified atom stereocenters. The molecule has 2 rings (SSSR count). The van der Waals surface area contributed by atoms with Crippen LogP contribution in [0.2, 0.25) is 0 Å². The Kier molecular flexibility index (Phi) is 2.23. The molecule has 0 aliphatic carbocycles. The van der Waals surface area contributed by atoms with Crippen molar-refractivity contribution in [2.75, 3.05) is 11.4 Å². The highest BCUT2D eigenvalue weighted by Crippen LogP contribution is 2.24. The van der Waals surface area contributed by atoms with E-state index in [-0.39, 0.29) is 11.7 Å². The lowest BCUT2D eigenvalue weighted by atomic mass is 10.2. The Balaban J connectivity index is 2.36. The van der Waals surface area contributed by atoms with Crippen LogP contribution in [0.15, 0.2) is 18.2 Å². The lowest BCUT2D eigenvalue weighted by molar-refractivity contribution is -0.117. The Bertz CT molecular complexity index is 376. The topological polar surface area (TPSA) is 20.3 Å². The molecule has 1 aliphatic heterocycles. The predicted molar refractivity (Wildman–Crippen MR) is 52.7 cm³/mol. The molecule has 1 aliphatic rings. The minimum atomic E-state index is -0.305. The number of hydrogen-bond donors (Lipinski definition) is 0. The fourth-order valence-electron chi connectivity index (χ4n) is 1.73. The maximum absolute atomic E-state index is 13.5. The Hall–Kier alpha value is -1.38. The van der Waals surface area contributed by atoms with Gasteiger partial charge in [0, 0.05) is 13.0 Å². The minimum Gasteiger partial charge on any atom is -0.310 e. The summed E-state index contributed by atoms with van der Waals surface area (Å²) in [6.07, 6.45) is 1.36. The van der Waals surface area contributed by atoms with Gasteiger partial charge in [-0.25, -0.2) is 4.39 Å². The third-order valence-electron chi connectivity index (χ3n) is 2.47. The van der Waals surface area contributed by atoms with Gasteiger partial charge in [-0.2, -0.15) is 0 Å². The molecular weight excluding hydrogens is 181 g/mol. The van der Waals surface area contributed by atoms with E-state index in [4.69, 9.17) is 0 Å². The lowest BCUT2D eigenvalue weighted by Crippen LogP contribution is -2.24. The number of benzene rings is 1. The molecule has 1 fully saturated rings. The zero-order valence-electron chi connectivity index (χ0n) is 8.09. The van der Waals surface area contributed by atoms with Crippen LogP contribution in [0.4, 0.5) is 10.1 Å². The van der Waals surface area contributed by atoms with E-state index >= 15 is 0 Å². The van der Waals surface area contributed by atoms with Crippen LogP contribution < -0.4 is 4.90 Å². The molecular formula is C11H12FNO. The average Bonchev–Trinajstić information content (AvgIpc) is 2.52. The number of carbonyl (C=O) groups excluding carboxylic acids is 1.